The molecule has 1 amide bonds. The lowest BCUT2D eigenvalue weighted by Crippen LogP contribution is -2.21. The van der Waals surface area contributed by atoms with E-state index in [1.807, 2.05) is 26.8 Å². The molecule has 38 heavy (non-hydrogen) atoms. The number of carboxylic acids is 1. The fourth-order valence-electron chi connectivity index (χ4n) is 4.54. The minimum atomic E-state index is -3.47. The molecule has 2 aromatic carbocycles. The topological polar surface area (TPSA) is 110 Å². The number of benzene rings is 2. The Morgan fingerprint density at radius 1 is 1.05 bits per heavy atom. The molecule has 0 radical (unpaired) electrons. The van der Waals surface area contributed by atoms with E-state index in [1.54, 1.807) is 44.2 Å². The molecule has 0 saturated carbocycles. The highest BCUT2D eigenvalue weighted by Crippen LogP contribution is 2.36. The number of carbonyl (C=O) groups excluding carboxylic acids is 1. The largest absolute Gasteiger partial charge is 0.496 e. The summed E-state index contributed by atoms with van der Waals surface area (Å²) in [6.45, 7) is 11.5. The van der Waals surface area contributed by atoms with E-state index in [9.17, 15) is 23.1 Å². The second kappa shape index (κ2) is 13.3. The number of amides is 1. The second-order valence-corrected chi connectivity index (χ2v) is 13.6. The first-order valence-electron chi connectivity index (χ1n) is 13.3. The highest BCUT2D eigenvalue weighted by atomic mass is 32.2. The third-order valence-corrected chi connectivity index (χ3v) is 8.86. The molecular formula is C30H43NO6S. The number of rotatable bonds is 13. The summed E-state index contributed by atoms with van der Waals surface area (Å²) in [6.07, 6.45) is 3.78. The molecule has 0 fully saturated rings. The number of sulfone groups is 1. The van der Waals surface area contributed by atoms with Gasteiger partial charge >= 0.3 is 5.97 Å². The van der Waals surface area contributed by atoms with Crippen molar-refractivity contribution in [1.82, 2.24) is 0 Å². The minimum absolute atomic E-state index is 0.129. The molecule has 0 aromatic heterocycles. The number of hydrogen-bond donors (Lipinski definition) is 2. The number of ether oxygens (including phenoxy) is 1. The number of aliphatic carboxylic acids is 1. The fraction of sp³-hybridized carbons (Fsp3) is 0.533. The molecule has 2 N–H and O–H groups in total. The Morgan fingerprint density at radius 3 is 2.29 bits per heavy atom. The number of unbranched alkanes of at least 4 members (excludes halogenated alkanes) is 2. The molecule has 0 aliphatic carbocycles. The van der Waals surface area contributed by atoms with E-state index in [0.29, 0.717) is 17.0 Å². The van der Waals surface area contributed by atoms with E-state index in [2.05, 4.69) is 12.2 Å². The van der Waals surface area contributed by atoms with Crippen molar-refractivity contribution in [2.24, 2.45) is 0 Å². The smallest absolute Gasteiger partial charge is 0.307 e. The molecule has 1 atom stereocenters. The van der Waals surface area contributed by atoms with Crippen LogP contribution in [0.3, 0.4) is 0 Å². The predicted molar refractivity (Wildman–Crippen MR) is 152 cm³/mol. The second-order valence-electron chi connectivity index (χ2n) is 11.1. The Labute approximate surface area is 227 Å². The van der Waals surface area contributed by atoms with Crippen molar-refractivity contribution >= 4 is 27.4 Å². The van der Waals surface area contributed by atoms with Gasteiger partial charge in [-0.3, -0.25) is 9.59 Å². The summed E-state index contributed by atoms with van der Waals surface area (Å²) in [4.78, 5) is 24.9. The zero-order valence-electron chi connectivity index (χ0n) is 23.8. The van der Waals surface area contributed by atoms with Crippen molar-refractivity contribution in [3.8, 4) is 5.75 Å². The third kappa shape index (κ3) is 8.32. The predicted octanol–water partition coefficient (Wildman–Crippen LogP) is 6.49. The van der Waals surface area contributed by atoms with Crippen LogP contribution in [0.5, 0.6) is 5.75 Å². The van der Waals surface area contributed by atoms with Crippen molar-refractivity contribution in [3.63, 3.8) is 0 Å². The fourth-order valence-corrected chi connectivity index (χ4v) is 5.62. The number of carbonyl (C=O) groups is 2. The SMILES string of the molecule is CCCCCC(CC(=O)Nc1cc(CC(=O)O)ccc1C(C)(C)C)c1ccc(S(=O)(=O)C(C)C)cc1OC. The number of hydrogen-bond acceptors (Lipinski definition) is 5. The molecule has 2 rings (SSSR count). The molecule has 8 heteroatoms. The van der Waals surface area contributed by atoms with Crippen LogP contribution in [0.4, 0.5) is 5.69 Å². The quantitative estimate of drug-likeness (QED) is 0.278. The normalized spacial score (nSPS) is 12.8. The molecule has 0 saturated heterocycles. The Bertz CT molecular complexity index is 1230. The first-order chi connectivity index (χ1) is 17.7. The lowest BCUT2D eigenvalue weighted by molar-refractivity contribution is -0.136. The van der Waals surface area contributed by atoms with E-state index >= 15 is 0 Å². The van der Waals surface area contributed by atoms with Gasteiger partial charge in [-0.1, -0.05) is 65.2 Å². The van der Waals surface area contributed by atoms with Gasteiger partial charge < -0.3 is 15.2 Å². The van der Waals surface area contributed by atoms with Gasteiger partial charge in [0.25, 0.3) is 0 Å². The van der Waals surface area contributed by atoms with Gasteiger partial charge in [0.15, 0.2) is 9.84 Å². The number of carboxylic acid groups (broad SMARTS) is 1. The molecule has 0 bridgehead atoms. The molecule has 2 aromatic rings. The van der Waals surface area contributed by atoms with Gasteiger partial charge in [0.05, 0.1) is 23.7 Å². The summed E-state index contributed by atoms with van der Waals surface area (Å²) >= 11 is 0. The summed E-state index contributed by atoms with van der Waals surface area (Å²) in [5.41, 5.74) is 2.69. The third-order valence-electron chi connectivity index (χ3n) is 6.70. The molecule has 210 valence electrons. The standard InChI is InChI=1S/C30H43NO6S/c1-8-9-10-11-22(24-14-13-23(19-27(24)37-7)38(35,36)20(2)3)18-28(32)31-26-16-21(17-29(33)34)12-15-25(26)30(4,5)6/h12-16,19-20,22H,8-11,17-18H2,1-7H3,(H,31,32)(H,33,34). The van der Waals surface area contributed by atoms with Crippen LogP contribution < -0.4 is 10.1 Å². The average Bonchev–Trinajstić information content (AvgIpc) is 2.82. The van der Waals surface area contributed by atoms with Crippen molar-refractivity contribution in [3.05, 3.63) is 53.1 Å². The van der Waals surface area contributed by atoms with Gasteiger partial charge in [-0.15, -0.1) is 0 Å². The molecule has 1 unspecified atom stereocenters. The number of anilines is 1. The van der Waals surface area contributed by atoms with Crippen LogP contribution in [0, 0.1) is 0 Å². The van der Waals surface area contributed by atoms with Crippen molar-refractivity contribution in [2.75, 3.05) is 12.4 Å². The Kier molecular flexibility index (Phi) is 10.9. The zero-order valence-corrected chi connectivity index (χ0v) is 24.6. The van der Waals surface area contributed by atoms with E-state index in [-0.39, 0.29) is 35.0 Å². The minimum Gasteiger partial charge on any atom is -0.496 e. The maximum absolute atomic E-state index is 13.4. The molecule has 7 nitrogen and oxygen atoms in total. The van der Waals surface area contributed by atoms with Crippen LogP contribution in [-0.2, 0) is 31.3 Å². The summed E-state index contributed by atoms with van der Waals surface area (Å²) in [7, 11) is -1.96. The maximum atomic E-state index is 13.4. The molecule has 0 spiro atoms. The van der Waals surface area contributed by atoms with E-state index in [1.165, 1.54) is 7.11 Å². The number of nitrogens with one attached hydrogen (secondary N) is 1. The maximum Gasteiger partial charge on any atom is 0.307 e. The number of methoxy groups -OCH3 is 1. The summed E-state index contributed by atoms with van der Waals surface area (Å²) in [5.74, 6) is -0.838. The average molecular weight is 546 g/mol. The van der Waals surface area contributed by atoms with Gasteiger partial charge in [-0.2, -0.15) is 0 Å². The van der Waals surface area contributed by atoms with E-state index < -0.39 is 21.1 Å². The monoisotopic (exact) mass is 545 g/mol. The first kappa shape index (κ1) is 31.3. The van der Waals surface area contributed by atoms with Gasteiger partial charge in [-0.05, 0) is 66.5 Å². The van der Waals surface area contributed by atoms with E-state index in [4.69, 9.17) is 4.74 Å². The lowest BCUT2D eigenvalue weighted by Gasteiger charge is -2.25. The Hall–Kier alpha value is -2.87. The molecule has 0 heterocycles. The molecule has 0 aliphatic heterocycles. The van der Waals surface area contributed by atoms with Gasteiger partial charge in [0.1, 0.15) is 5.75 Å². The van der Waals surface area contributed by atoms with Crippen LogP contribution in [0.15, 0.2) is 41.3 Å². The van der Waals surface area contributed by atoms with Crippen molar-refractivity contribution < 1.29 is 27.9 Å². The highest BCUT2D eigenvalue weighted by Gasteiger charge is 2.26. The van der Waals surface area contributed by atoms with Crippen molar-refractivity contribution in [1.29, 1.82) is 0 Å². The van der Waals surface area contributed by atoms with Gasteiger partial charge in [0.2, 0.25) is 5.91 Å². The van der Waals surface area contributed by atoms with Gasteiger partial charge in [0, 0.05) is 12.1 Å². The Morgan fingerprint density at radius 2 is 1.74 bits per heavy atom. The van der Waals surface area contributed by atoms with Crippen LogP contribution >= 0.6 is 0 Å². The Balaban J connectivity index is 2.42. The van der Waals surface area contributed by atoms with Crippen molar-refractivity contribution in [2.45, 2.75) is 102 Å². The van der Waals surface area contributed by atoms with Crippen LogP contribution in [-0.4, -0.2) is 37.8 Å². The first-order valence-corrected chi connectivity index (χ1v) is 14.8. The summed E-state index contributed by atoms with van der Waals surface area (Å²) in [6, 6.07) is 10.3. The highest BCUT2D eigenvalue weighted by molar-refractivity contribution is 7.92. The summed E-state index contributed by atoms with van der Waals surface area (Å²) in [5, 5.41) is 11.7. The summed E-state index contributed by atoms with van der Waals surface area (Å²) < 4.78 is 31.1. The van der Waals surface area contributed by atoms with Crippen LogP contribution in [0.1, 0.15) is 96.3 Å². The van der Waals surface area contributed by atoms with Crippen LogP contribution in [0.25, 0.3) is 0 Å². The van der Waals surface area contributed by atoms with Crippen LogP contribution in [0.2, 0.25) is 0 Å². The molecular weight excluding hydrogens is 502 g/mol. The lowest BCUT2D eigenvalue weighted by atomic mass is 9.84. The van der Waals surface area contributed by atoms with Gasteiger partial charge in [-0.25, -0.2) is 8.42 Å². The van der Waals surface area contributed by atoms with E-state index in [0.717, 1.165) is 36.8 Å². The zero-order chi connectivity index (χ0) is 28.7. The molecule has 0 aliphatic rings.